The molecule has 3 amide bonds. The molecule has 1 N–H and O–H groups in total. The first-order chi connectivity index (χ1) is 13.5. The summed E-state index contributed by atoms with van der Waals surface area (Å²) in [5.74, 6) is 0.492. The number of ether oxygens (including phenoxy) is 1. The molecule has 1 fully saturated rings. The zero-order valence-electron chi connectivity index (χ0n) is 16.1. The van der Waals surface area contributed by atoms with E-state index in [0.717, 1.165) is 16.0 Å². The van der Waals surface area contributed by atoms with Crippen molar-refractivity contribution in [2.24, 2.45) is 0 Å². The van der Waals surface area contributed by atoms with Crippen molar-refractivity contribution in [1.29, 1.82) is 0 Å². The Morgan fingerprint density at radius 3 is 2.54 bits per heavy atom. The first-order valence-electron chi connectivity index (χ1n) is 9.33. The molecule has 1 aromatic carbocycles. The van der Waals surface area contributed by atoms with Gasteiger partial charge in [0.2, 0.25) is 17.7 Å². The van der Waals surface area contributed by atoms with E-state index in [0.29, 0.717) is 37.9 Å². The molecule has 0 aliphatic carbocycles. The molecule has 2 aromatic rings. The van der Waals surface area contributed by atoms with E-state index in [9.17, 15) is 14.4 Å². The highest BCUT2D eigenvalue weighted by atomic mass is 32.1. The van der Waals surface area contributed by atoms with Crippen molar-refractivity contribution >= 4 is 44.4 Å². The van der Waals surface area contributed by atoms with Gasteiger partial charge in [0.15, 0.2) is 5.13 Å². The SMILES string of the molecule is CCOc1ccc2nc(NC(=O)CCC(=O)N3CCN(C(C)=O)CC3)sc2c1. The quantitative estimate of drug-likeness (QED) is 0.796. The number of anilines is 1. The van der Waals surface area contributed by atoms with Crippen LogP contribution < -0.4 is 10.1 Å². The van der Waals surface area contributed by atoms with Crippen LogP contribution in [0.5, 0.6) is 5.75 Å². The summed E-state index contributed by atoms with van der Waals surface area (Å²) in [6.45, 7) is 6.16. The average Bonchev–Trinajstić information content (AvgIpc) is 3.07. The number of fused-ring (bicyclic) bond motifs is 1. The molecular weight excluding hydrogens is 380 g/mol. The van der Waals surface area contributed by atoms with Gasteiger partial charge in [0.1, 0.15) is 5.75 Å². The van der Waals surface area contributed by atoms with E-state index in [-0.39, 0.29) is 30.6 Å². The average molecular weight is 404 g/mol. The first kappa shape index (κ1) is 20.1. The number of aromatic nitrogens is 1. The van der Waals surface area contributed by atoms with Crippen LogP contribution in [0.25, 0.3) is 10.2 Å². The predicted molar refractivity (Wildman–Crippen MR) is 107 cm³/mol. The Hall–Kier alpha value is -2.68. The minimum atomic E-state index is -0.236. The van der Waals surface area contributed by atoms with E-state index in [1.165, 1.54) is 18.3 Å². The van der Waals surface area contributed by atoms with Gasteiger partial charge in [0, 0.05) is 45.9 Å². The van der Waals surface area contributed by atoms with E-state index in [1.807, 2.05) is 25.1 Å². The summed E-state index contributed by atoms with van der Waals surface area (Å²) in [5, 5.41) is 3.28. The molecule has 9 heteroatoms. The largest absolute Gasteiger partial charge is 0.494 e. The number of amides is 3. The van der Waals surface area contributed by atoms with Gasteiger partial charge in [-0.3, -0.25) is 14.4 Å². The normalized spacial score (nSPS) is 14.2. The second-order valence-electron chi connectivity index (χ2n) is 6.52. The molecule has 8 nitrogen and oxygen atoms in total. The Labute approximate surface area is 167 Å². The minimum absolute atomic E-state index is 0.0238. The van der Waals surface area contributed by atoms with Crippen LogP contribution in [0.2, 0.25) is 0 Å². The standard InChI is InChI=1S/C19H24N4O4S/c1-3-27-14-4-5-15-16(12-14)28-19(20-15)21-17(25)6-7-18(26)23-10-8-22(9-11-23)13(2)24/h4-5,12H,3,6-11H2,1-2H3,(H,20,21,25). The molecule has 2 heterocycles. The zero-order valence-corrected chi connectivity index (χ0v) is 16.9. The topological polar surface area (TPSA) is 91.8 Å². The van der Waals surface area contributed by atoms with E-state index in [1.54, 1.807) is 9.80 Å². The molecule has 150 valence electrons. The zero-order chi connectivity index (χ0) is 20.1. The second kappa shape index (κ2) is 9.01. The molecular formula is C19H24N4O4S. The van der Waals surface area contributed by atoms with Gasteiger partial charge in [-0.2, -0.15) is 0 Å². The summed E-state index contributed by atoms with van der Waals surface area (Å²) < 4.78 is 6.41. The molecule has 0 saturated carbocycles. The van der Waals surface area contributed by atoms with Crippen molar-refractivity contribution in [2.75, 3.05) is 38.1 Å². The van der Waals surface area contributed by atoms with Crippen LogP contribution in [0.3, 0.4) is 0 Å². The van der Waals surface area contributed by atoms with Crippen molar-refractivity contribution < 1.29 is 19.1 Å². The number of thiazole rings is 1. The minimum Gasteiger partial charge on any atom is -0.494 e. The monoisotopic (exact) mass is 404 g/mol. The van der Waals surface area contributed by atoms with E-state index in [4.69, 9.17) is 4.74 Å². The molecule has 0 bridgehead atoms. The molecule has 0 spiro atoms. The van der Waals surface area contributed by atoms with Crippen LogP contribution in [-0.4, -0.2) is 65.3 Å². The number of hydrogen-bond acceptors (Lipinski definition) is 6. The summed E-state index contributed by atoms with van der Waals surface area (Å²) >= 11 is 1.38. The Morgan fingerprint density at radius 1 is 1.14 bits per heavy atom. The van der Waals surface area contributed by atoms with Crippen LogP contribution in [0.15, 0.2) is 18.2 Å². The molecule has 1 aliphatic heterocycles. The summed E-state index contributed by atoms with van der Waals surface area (Å²) in [7, 11) is 0. The predicted octanol–water partition coefficient (Wildman–Crippen LogP) is 2.10. The molecule has 0 radical (unpaired) electrons. The van der Waals surface area contributed by atoms with Crippen LogP contribution >= 0.6 is 11.3 Å². The third kappa shape index (κ3) is 4.98. The maximum Gasteiger partial charge on any atom is 0.226 e. The molecule has 1 saturated heterocycles. The number of carbonyl (C=O) groups excluding carboxylic acids is 3. The van der Waals surface area contributed by atoms with Crippen molar-refractivity contribution in [3.63, 3.8) is 0 Å². The van der Waals surface area contributed by atoms with E-state index < -0.39 is 0 Å². The van der Waals surface area contributed by atoms with Crippen molar-refractivity contribution in [3.05, 3.63) is 18.2 Å². The summed E-state index contributed by atoms with van der Waals surface area (Å²) in [6.07, 6.45) is 0.247. The van der Waals surface area contributed by atoms with Gasteiger partial charge in [-0.25, -0.2) is 4.98 Å². The van der Waals surface area contributed by atoms with Crippen LogP contribution in [0, 0.1) is 0 Å². The van der Waals surface area contributed by atoms with E-state index >= 15 is 0 Å². The highest BCUT2D eigenvalue weighted by Gasteiger charge is 2.22. The first-order valence-corrected chi connectivity index (χ1v) is 10.1. The van der Waals surface area contributed by atoms with Crippen molar-refractivity contribution in [2.45, 2.75) is 26.7 Å². The van der Waals surface area contributed by atoms with Crippen LogP contribution in [0.1, 0.15) is 26.7 Å². The fraction of sp³-hybridized carbons (Fsp3) is 0.474. The van der Waals surface area contributed by atoms with Crippen LogP contribution in [-0.2, 0) is 14.4 Å². The third-order valence-electron chi connectivity index (χ3n) is 4.56. The fourth-order valence-corrected chi connectivity index (χ4v) is 3.96. The number of nitrogens with zero attached hydrogens (tertiary/aromatic N) is 3. The molecule has 0 atom stereocenters. The maximum atomic E-state index is 12.3. The lowest BCUT2D eigenvalue weighted by molar-refractivity contribution is -0.138. The number of carbonyl (C=O) groups is 3. The number of benzene rings is 1. The lowest BCUT2D eigenvalue weighted by Crippen LogP contribution is -2.50. The summed E-state index contributed by atoms with van der Waals surface area (Å²) in [6, 6.07) is 5.61. The fourth-order valence-electron chi connectivity index (χ4n) is 3.05. The van der Waals surface area contributed by atoms with Crippen LogP contribution in [0.4, 0.5) is 5.13 Å². The van der Waals surface area contributed by atoms with Gasteiger partial charge in [-0.15, -0.1) is 0 Å². The molecule has 0 unspecified atom stereocenters. The number of hydrogen-bond donors (Lipinski definition) is 1. The highest BCUT2D eigenvalue weighted by Crippen LogP contribution is 2.29. The van der Waals surface area contributed by atoms with Gasteiger partial charge in [-0.05, 0) is 25.1 Å². The Bertz CT molecular complexity index is 874. The molecule has 3 rings (SSSR count). The van der Waals surface area contributed by atoms with Gasteiger partial charge in [-0.1, -0.05) is 11.3 Å². The smallest absolute Gasteiger partial charge is 0.226 e. The van der Waals surface area contributed by atoms with Gasteiger partial charge < -0.3 is 19.9 Å². The molecule has 1 aliphatic rings. The van der Waals surface area contributed by atoms with Gasteiger partial charge >= 0.3 is 0 Å². The maximum absolute atomic E-state index is 12.3. The van der Waals surface area contributed by atoms with Gasteiger partial charge in [0.25, 0.3) is 0 Å². The highest BCUT2D eigenvalue weighted by molar-refractivity contribution is 7.22. The molecule has 1 aromatic heterocycles. The number of nitrogens with one attached hydrogen (secondary N) is 1. The van der Waals surface area contributed by atoms with Gasteiger partial charge in [0.05, 0.1) is 16.8 Å². The number of rotatable bonds is 6. The summed E-state index contributed by atoms with van der Waals surface area (Å²) in [4.78, 5) is 43.6. The third-order valence-corrected chi connectivity index (χ3v) is 5.49. The molecule has 28 heavy (non-hydrogen) atoms. The Morgan fingerprint density at radius 2 is 1.86 bits per heavy atom. The van der Waals surface area contributed by atoms with Crippen molar-refractivity contribution in [1.82, 2.24) is 14.8 Å². The lowest BCUT2D eigenvalue weighted by atomic mass is 10.2. The van der Waals surface area contributed by atoms with Crippen molar-refractivity contribution in [3.8, 4) is 5.75 Å². The second-order valence-corrected chi connectivity index (χ2v) is 7.55. The lowest BCUT2D eigenvalue weighted by Gasteiger charge is -2.34. The Balaban J connectivity index is 1.48. The Kier molecular flexibility index (Phi) is 6.45. The number of piperazine rings is 1. The summed E-state index contributed by atoms with van der Waals surface area (Å²) in [5.41, 5.74) is 0.795. The van der Waals surface area contributed by atoms with E-state index in [2.05, 4.69) is 10.3 Å².